The molecular weight excluding hydrogens is 482 g/mol. The van der Waals surface area contributed by atoms with Crippen molar-refractivity contribution in [2.75, 3.05) is 18.5 Å². The Bertz CT molecular complexity index is 1420. The molecule has 0 bridgehead atoms. The molecule has 3 aromatic carbocycles. The molecule has 1 aliphatic heterocycles. The zero-order valence-corrected chi connectivity index (χ0v) is 24.1. The molecule has 0 aromatic heterocycles. The number of hydrogen-bond donors (Lipinski definition) is 1. The van der Waals surface area contributed by atoms with Crippen molar-refractivity contribution in [3.63, 3.8) is 0 Å². The quantitative estimate of drug-likeness (QED) is 0.143. The standard InChI is InChI=1S/C35H43NO3/c1-6-8-9-10-11-12-13-16-19-38-35(37)28-18-15-14-17-27(28)34-29-20-24(3)25(4)22-32(29)39-33-23-31(36-7-2)26(5)21-30(33)34/h14-15,17-18,20-23,36H,4,6-13,16,19H2,1-3,5H3. The molecule has 0 saturated carbocycles. The maximum atomic E-state index is 13.4. The van der Waals surface area contributed by atoms with Crippen LogP contribution in [0.3, 0.4) is 0 Å². The van der Waals surface area contributed by atoms with E-state index in [2.05, 4.69) is 57.8 Å². The van der Waals surface area contributed by atoms with Gasteiger partial charge in [-0.15, -0.1) is 0 Å². The third-order valence-electron chi connectivity index (χ3n) is 7.54. The minimum Gasteiger partial charge on any atom is -0.462 e. The number of unbranched alkanes of at least 4 members (excludes halogenated alkanes) is 7. The van der Waals surface area contributed by atoms with Crippen LogP contribution in [0.15, 0.2) is 48.5 Å². The third kappa shape index (κ3) is 6.73. The molecule has 0 amide bonds. The summed E-state index contributed by atoms with van der Waals surface area (Å²) in [7, 11) is 0. The number of carbonyl (C=O) groups excluding carboxylic acids is 1. The first-order valence-corrected chi connectivity index (χ1v) is 14.6. The van der Waals surface area contributed by atoms with Crippen molar-refractivity contribution in [1.82, 2.24) is 0 Å². The highest BCUT2D eigenvalue weighted by molar-refractivity contribution is 5.99. The van der Waals surface area contributed by atoms with Gasteiger partial charge in [0.25, 0.3) is 0 Å². The van der Waals surface area contributed by atoms with E-state index in [-0.39, 0.29) is 5.97 Å². The molecule has 1 heterocycles. The smallest absolute Gasteiger partial charge is 0.338 e. The van der Waals surface area contributed by atoms with Gasteiger partial charge in [0, 0.05) is 34.7 Å². The monoisotopic (exact) mass is 525 g/mol. The summed E-state index contributed by atoms with van der Waals surface area (Å²) in [6, 6.07) is 16.1. The van der Waals surface area contributed by atoms with Gasteiger partial charge in [0.2, 0.25) is 0 Å². The predicted octanol–water partition coefficient (Wildman–Crippen LogP) is 7.80. The van der Waals surface area contributed by atoms with Crippen LogP contribution in [0.5, 0.6) is 11.5 Å². The van der Waals surface area contributed by atoms with Crippen LogP contribution >= 0.6 is 0 Å². The van der Waals surface area contributed by atoms with E-state index >= 15 is 0 Å². The van der Waals surface area contributed by atoms with Crippen molar-refractivity contribution in [3.05, 3.63) is 86.8 Å². The van der Waals surface area contributed by atoms with Crippen molar-refractivity contribution in [2.24, 2.45) is 0 Å². The molecule has 0 unspecified atom stereocenters. The molecular formula is C35H43NO3. The van der Waals surface area contributed by atoms with Crippen LogP contribution < -0.4 is 20.5 Å². The SMILES string of the molecule is C=c1cc2c(cc1C)=C(c1ccccc1C(=O)OCCCCCCCCCC)c1cc(C)c(NCC)cc1O2. The van der Waals surface area contributed by atoms with E-state index in [1.807, 2.05) is 30.3 Å². The molecule has 0 atom stereocenters. The van der Waals surface area contributed by atoms with Crippen molar-refractivity contribution in [2.45, 2.75) is 79.1 Å². The zero-order chi connectivity index (χ0) is 27.8. The number of aryl methyl sites for hydroxylation is 2. The lowest BCUT2D eigenvalue weighted by Crippen LogP contribution is -2.23. The van der Waals surface area contributed by atoms with Crippen LogP contribution in [-0.4, -0.2) is 19.1 Å². The summed E-state index contributed by atoms with van der Waals surface area (Å²) >= 11 is 0. The number of benzene rings is 3. The van der Waals surface area contributed by atoms with E-state index in [4.69, 9.17) is 9.47 Å². The van der Waals surface area contributed by atoms with Gasteiger partial charge in [-0.1, -0.05) is 76.6 Å². The fourth-order valence-corrected chi connectivity index (χ4v) is 5.27. The van der Waals surface area contributed by atoms with Gasteiger partial charge >= 0.3 is 5.97 Å². The van der Waals surface area contributed by atoms with Gasteiger partial charge in [0.1, 0.15) is 11.5 Å². The van der Waals surface area contributed by atoms with E-state index in [1.165, 1.54) is 38.5 Å². The second kappa shape index (κ2) is 13.5. The Morgan fingerprint density at radius 3 is 2.31 bits per heavy atom. The van der Waals surface area contributed by atoms with Gasteiger partial charge in [-0.05, 0) is 73.4 Å². The molecule has 1 aliphatic rings. The van der Waals surface area contributed by atoms with E-state index in [9.17, 15) is 4.79 Å². The fourth-order valence-electron chi connectivity index (χ4n) is 5.27. The maximum Gasteiger partial charge on any atom is 0.338 e. The lowest BCUT2D eigenvalue weighted by molar-refractivity contribution is 0.0497. The average Bonchev–Trinajstić information content (AvgIpc) is 2.92. The second-order valence-corrected chi connectivity index (χ2v) is 10.6. The number of carbonyl (C=O) groups is 1. The van der Waals surface area contributed by atoms with Crippen LogP contribution in [-0.2, 0) is 4.74 Å². The molecule has 3 aromatic rings. The Kier molecular flexibility index (Phi) is 9.86. The fraction of sp³-hybridized carbons (Fsp3) is 0.400. The Morgan fingerprint density at radius 1 is 0.846 bits per heavy atom. The lowest BCUT2D eigenvalue weighted by atomic mass is 9.88. The molecule has 4 heteroatoms. The second-order valence-electron chi connectivity index (χ2n) is 10.6. The van der Waals surface area contributed by atoms with Crippen LogP contribution in [0.25, 0.3) is 12.2 Å². The van der Waals surface area contributed by atoms with Crippen molar-refractivity contribution in [3.8, 4) is 11.5 Å². The lowest BCUT2D eigenvalue weighted by Gasteiger charge is -2.24. The van der Waals surface area contributed by atoms with E-state index in [0.717, 1.165) is 74.8 Å². The molecule has 1 N–H and O–H groups in total. The van der Waals surface area contributed by atoms with Crippen LogP contribution in [0.1, 0.15) is 97.8 Å². The molecule has 0 aliphatic carbocycles. The summed E-state index contributed by atoms with van der Waals surface area (Å²) in [5.74, 6) is 1.24. The minimum atomic E-state index is -0.276. The number of nitrogens with one attached hydrogen (secondary N) is 1. The molecule has 4 rings (SSSR count). The van der Waals surface area contributed by atoms with Gasteiger partial charge in [-0.2, -0.15) is 0 Å². The van der Waals surface area contributed by atoms with Gasteiger partial charge < -0.3 is 14.8 Å². The normalized spacial score (nSPS) is 11.9. The third-order valence-corrected chi connectivity index (χ3v) is 7.54. The van der Waals surface area contributed by atoms with Gasteiger partial charge in [0.05, 0.1) is 12.2 Å². The maximum absolute atomic E-state index is 13.4. The molecule has 206 valence electrons. The largest absolute Gasteiger partial charge is 0.462 e. The minimum absolute atomic E-state index is 0.276. The number of esters is 1. The molecule has 4 nitrogen and oxygen atoms in total. The molecule has 0 radical (unpaired) electrons. The van der Waals surface area contributed by atoms with Crippen molar-refractivity contribution in [1.29, 1.82) is 0 Å². The molecule has 0 saturated heterocycles. The van der Waals surface area contributed by atoms with Crippen LogP contribution in [0.2, 0.25) is 0 Å². The molecule has 0 fully saturated rings. The zero-order valence-electron chi connectivity index (χ0n) is 24.1. The number of anilines is 1. The van der Waals surface area contributed by atoms with Crippen LogP contribution in [0.4, 0.5) is 5.69 Å². The summed E-state index contributed by atoms with van der Waals surface area (Å²) in [6.07, 6.45) is 9.68. The van der Waals surface area contributed by atoms with E-state index in [0.29, 0.717) is 12.2 Å². The van der Waals surface area contributed by atoms with Crippen molar-refractivity contribution >= 4 is 23.8 Å². The van der Waals surface area contributed by atoms with Gasteiger partial charge in [0.15, 0.2) is 0 Å². The Labute approximate surface area is 233 Å². The topological polar surface area (TPSA) is 47.6 Å². The van der Waals surface area contributed by atoms with Crippen molar-refractivity contribution < 1.29 is 14.3 Å². The summed E-state index contributed by atoms with van der Waals surface area (Å²) in [5.41, 5.74) is 6.64. The highest BCUT2D eigenvalue weighted by atomic mass is 16.5. The van der Waals surface area contributed by atoms with E-state index in [1.54, 1.807) is 0 Å². The average molecular weight is 526 g/mol. The van der Waals surface area contributed by atoms with E-state index < -0.39 is 0 Å². The Balaban J connectivity index is 1.64. The Morgan fingerprint density at radius 2 is 1.56 bits per heavy atom. The highest BCUT2D eigenvalue weighted by Gasteiger charge is 2.25. The first-order chi connectivity index (χ1) is 18.9. The van der Waals surface area contributed by atoms with Gasteiger partial charge in [-0.25, -0.2) is 4.79 Å². The molecule has 0 spiro atoms. The Hall–Kier alpha value is -3.53. The number of ether oxygens (including phenoxy) is 2. The number of fused-ring (bicyclic) bond motifs is 2. The summed E-state index contributed by atoms with van der Waals surface area (Å²) in [5, 5.41) is 5.32. The predicted molar refractivity (Wildman–Crippen MR) is 162 cm³/mol. The molecule has 39 heavy (non-hydrogen) atoms. The number of hydrogen-bond acceptors (Lipinski definition) is 4. The summed E-state index contributed by atoms with van der Waals surface area (Å²) in [6.45, 7) is 13.9. The van der Waals surface area contributed by atoms with Crippen LogP contribution in [0, 0.1) is 13.8 Å². The number of rotatable bonds is 13. The first-order valence-electron chi connectivity index (χ1n) is 14.6. The van der Waals surface area contributed by atoms with Gasteiger partial charge in [-0.3, -0.25) is 0 Å². The highest BCUT2D eigenvalue weighted by Crippen LogP contribution is 2.40. The summed E-state index contributed by atoms with van der Waals surface area (Å²) < 4.78 is 12.2. The first kappa shape index (κ1) is 28.5. The summed E-state index contributed by atoms with van der Waals surface area (Å²) in [4.78, 5) is 13.4.